The molecule has 3 nitrogen and oxygen atoms in total. The fraction of sp³-hybridized carbons (Fsp3) is 0.0769. The topological polar surface area (TPSA) is 50.1 Å². The van der Waals surface area contributed by atoms with E-state index in [-0.39, 0.29) is 5.56 Å². The SMILES string of the molecule is N#Cc1ccc(-c2cc(OC(F)(F)F)ccc2C=O)s1. The molecule has 1 aromatic heterocycles. The lowest BCUT2D eigenvalue weighted by Gasteiger charge is -2.10. The summed E-state index contributed by atoms with van der Waals surface area (Å²) in [7, 11) is 0. The molecule has 0 saturated heterocycles. The Morgan fingerprint density at radius 2 is 2.00 bits per heavy atom. The molecule has 20 heavy (non-hydrogen) atoms. The Labute approximate surface area is 115 Å². The molecule has 0 aliphatic rings. The van der Waals surface area contributed by atoms with Gasteiger partial charge in [0.25, 0.3) is 0 Å². The van der Waals surface area contributed by atoms with Crippen molar-refractivity contribution in [2.24, 2.45) is 0 Å². The number of rotatable bonds is 3. The van der Waals surface area contributed by atoms with Gasteiger partial charge in [-0.15, -0.1) is 24.5 Å². The van der Waals surface area contributed by atoms with Crippen LogP contribution in [0.1, 0.15) is 15.2 Å². The van der Waals surface area contributed by atoms with Crippen molar-refractivity contribution in [1.82, 2.24) is 0 Å². The fourth-order valence-corrected chi connectivity index (χ4v) is 2.43. The molecule has 102 valence electrons. The number of hydrogen-bond donors (Lipinski definition) is 0. The molecule has 0 N–H and O–H groups in total. The molecule has 0 aliphatic carbocycles. The van der Waals surface area contributed by atoms with E-state index in [9.17, 15) is 18.0 Å². The van der Waals surface area contributed by atoms with Gasteiger partial charge in [-0.3, -0.25) is 4.79 Å². The predicted molar refractivity (Wildman–Crippen MR) is 66.5 cm³/mol. The normalized spacial score (nSPS) is 10.9. The number of thiophene rings is 1. The number of nitrogens with zero attached hydrogens (tertiary/aromatic N) is 1. The average Bonchev–Trinajstić information content (AvgIpc) is 2.85. The number of carbonyl (C=O) groups excluding carboxylic acids is 1. The number of ether oxygens (including phenoxy) is 1. The molecule has 0 fully saturated rings. The Morgan fingerprint density at radius 3 is 2.55 bits per heavy atom. The second-order valence-corrected chi connectivity index (χ2v) is 4.77. The molecule has 0 unspecified atom stereocenters. The zero-order chi connectivity index (χ0) is 14.8. The first-order chi connectivity index (χ1) is 9.43. The third-order valence-electron chi connectivity index (χ3n) is 2.37. The number of alkyl halides is 3. The van der Waals surface area contributed by atoms with Gasteiger partial charge in [0.1, 0.15) is 16.7 Å². The largest absolute Gasteiger partial charge is 0.573 e. The number of hydrogen-bond acceptors (Lipinski definition) is 4. The van der Waals surface area contributed by atoms with Gasteiger partial charge in [0, 0.05) is 16.0 Å². The molecule has 0 amide bonds. The standard InChI is InChI=1S/C13H6F3NO2S/c14-13(15,16)19-9-2-1-8(7-18)11(5-9)12-4-3-10(6-17)20-12/h1-5,7H. The summed E-state index contributed by atoms with van der Waals surface area (Å²) in [6.45, 7) is 0. The Hall–Kier alpha value is -2.33. The van der Waals surface area contributed by atoms with Crippen molar-refractivity contribution in [3.05, 3.63) is 40.8 Å². The smallest absolute Gasteiger partial charge is 0.406 e. The first-order valence-corrected chi connectivity index (χ1v) is 6.10. The zero-order valence-corrected chi connectivity index (χ0v) is 10.6. The van der Waals surface area contributed by atoms with Crippen molar-refractivity contribution in [1.29, 1.82) is 5.26 Å². The first kappa shape index (κ1) is 14.1. The quantitative estimate of drug-likeness (QED) is 0.805. The van der Waals surface area contributed by atoms with Crippen LogP contribution in [-0.4, -0.2) is 12.6 Å². The van der Waals surface area contributed by atoms with Crippen LogP contribution in [0.4, 0.5) is 13.2 Å². The van der Waals surface area contributed by atoms with Gasteiger partial charge in [-0.05, 0) is 30.3 Å². The minimum Gasteiger partial charge on any atom is -0.406 e. The van der Waals surface area contributed by atoms with E-state index in [1.165, 1.54) is 12.1 Å². The molecule has 0 aliphatic heterocycles. The highest BCUT2D eigenvalue weighted by Crippen LogP contribution is 2.34. The van der Waals surface area contributed by atoms with Crippen LogP contribution in [0, 0.1) is 11.3 Å². The molecular formula is C13H6F3NO2S. The van der Waals surface area contributed by atoms with E-state index in [0.717, 1.165) is 23.5 Å². The van der Waals surface area contributed by atoms with Crippen LogP contribution in [-0.2, 0) is 0 Å². The molecule has 1 heterocycles. The molecule has 0 spiro atoms. The van der Waals surface area contributed by atoms with Gasteiger partial charge in [-0.1, -0.05) is 0 Å². The van der Waals surface area contributed by atoms with Crippen molar-refractivity contribution < 1.29 is 22.7 Å². The van der Waals surface area contributed by atoms with Crippen LogP contribution in [0.5, 0.6) is 5.75 Å². The Kier molecular flexibility index (Phi) is 3.77. The summed E-state index contributed by atoms with van der Waals surface area (Å²) in [5, 5.41) is 8.75. The molecule has 0 bridgehead atoms. The molecule has 1 aromatic carbocycles. The van der Waals surface area contributed by atoms with Gasteiger partial charge in [0.2, 0.25) is 0 Å². The second-order valence-electron chi connectivity index (χ2n) is 3.69. The second kappa shape index (κ2) is 5.35. The molecule has 7 heteroatoms. The summed E-state index contributed by atoms with van der Waals surface area (Å²) < 4.78 is 40.4. The predicted octanol–water partition coefficient (Wildman–Crippen LogP) is 4.00. The average molecular weight is 297 g/mol. The van der Waals surface area contributed by atoms with Crippen molar-refractivity contribution >= 4 is 17.6 Å². The highest BCUT2D eigenvalue weighted by atomic mass is 32.1. The number of nitriles is 1. The van der Waals surface area contributed by atoms with Crippen LogP contribution < -0.4 is 4.74 Å². The van der Waals surface area contributed by atoms with E-state index in [0.29, 0.717) is 21.6 Å². The number of carbonyl (C=O) groups is 1. The van der Waals surface area contributed by atoms with Crippen LogP contribution in [0.3, 0.4) is 0 Å². The first-order valence-electron chi connectivity index (χ1n) is 5.28. The van der Waals surface area contributed by atoms with Gasteiger partial charge >= 0.3 is 6.36 Å². The molecule has 2 rings (SSSR count). The summed E-state index contributed by atoms with van der Waals surface area (Å²) in [4.78, 5) is 11.9. The monoisotopic (exact) mass is 297 g/mol. The molecule has 0 saturated carbocycles. The van der Waals surface area contributed by atoms with Crippen molar-refractivity contribution in [3.63, 3.8) is 0 Å². The Balaban J connectivity index is 2.47. The maximum absolute atomic E-state index is 12.2. The number of halogens is 3. The van der Waals surface area contributed by atoms with E-state index in [1.807, 2.05) is 6.07 Å². The summed E-state index contributed by atoms with van der Waals surface area (Å²) in [6.07, 6.45) is -4.26. The van der Waals surface area contributed by atoms with Gasteiger partial charge in [0.05, 0.1) is 0 Å². The third-order valence-corrected chi connectivity index (χ3v) is 3.39. The molecule has 0 radical (unpaired) electrons. The van der Waals surface area contributed by atoms with Gasteiger partial charge in [-0.2, -0.15) is 5.26 Å². The summed E-state index contributed by atoms with van der Waals surface area (Å²) in [6, 6.07) is 8.48. The highest BCUT2D eigenvalue weighted by Gasteiger charge is 2.31. The number of aldehydes is 1. The van der Waals surface area contributed by atoms with Gasteiger partial charge in [-0.25, -0.2) is 0 Å². The lowest BCUT2D eigenvalue weighted by Crippen LogP contribution is -2.17. The molecular weight excluding hydrogens is 291 g/mol. The van der Waals surface area contributed by atoms with Crippen molar-refractivity contribution in [2.45, 2.75) is 6.36 Å². The van der Waals surface area contributed by atoms with Crippen LogP contribution in [0.15, 0.2) is 30.3 Å². The van der Waals surface area contributed by atoms with E-state index >= 15 is 0 Å². The van der Waals surface area contributed by atoms with Gasteiger partial charge in [0.15, 0.2) is 6.29 Å². The van der Waals surface area contributed by atoms with Crippen molar-refractivity contribution in [2.75, 3.05) is 0 Å². The van der Waals surface area contributed by atoms with E-state index in [1.54, 1.807) is 6.07 Å². The van der Waals surface area contributed by atoms with E-state index in [4.69, 9.17) is 5.26 Å². The number of benzene rings is 1. The van der Waals surface area contributed by atoms with Crippen LogP contribution >= 0.6 is 11.3 Å². The maximum Gasteiger partial charge on any atom is 0.573 e. The highest BCUT2D eigenvalue weighted by molar-refractivity contribution is 7.16. The lowest BCUT2D eigenvalue weighted by molar-refractivity contribution is -0.274. The van der Waals surface area contributed by atoms with Crippen molar-refractivity contribution in [3.8, 4) is 22.3 Å². The molecule has 0 atom stereocenters. The Bertz CT molecular complexity index is 686. The minimum absolute atomic E-state index is 0.228. The minimum atomic E-state index is -4.80. The third kappa shape index (κ3) is 3.16. The van der Waals surface area contributed by atoms with Crippen LogP contribution in [0.25, 0.3) is 10.4 Å². The summed E-state index contributed by atoms with van der Waals surface area (Å²) in [5.74, 6) is -0.412. The van der Waals surface area contributed by atoms with E-state index < -0.39 is 12.1 Å². The zero-order valence-electron chi connectivity index (χ0n) is 9.77. The van der Waals surface area contributed by atoms with Gasteiger partial charge < -0.3 is 4.74 Å². The maximum atomic E-state index is 12.2. The van der Waals surface area contributed by atoms with E-state index in [2.05, 4.69) is 4.74 Å². The van der Waals surface area contributed by atoms with Crippen LogP contribution in [0.2, 0.25) is 0 Å². The lowest BCUT2D eigenvalue weighted by atomic mass is 10.1. The summed E-state index contributed by atoms with van der Waals surface area (Å²) in [5.41, 5.74) is 0.527. The fourth-order valence-electron chi connectivity index (χ4n) is 1.59. The summed E-state index contributed by atoms with van der Waals surface area (Å²) >= 11 is 1.09. The molecule has 2 aromatic rings. The Morgan fingerprint density at radius 1 is 1.25 bits per heavy atom.